The zero-order valence-electron chi connectivity index (χ0n) is 14.3. The van der Waals surface area contributed by atoms with Crippen molar-refractivity contribution >= 4 is 31.0 Å². The molecule has 0 saturated carbocycles. The van der Waals surface area contributed by atoms with Gasteiger partial charge < -0.3 is 10.1 Å². The van der Waals surface area contributed by atoms with Crippen molar-refractivity contribution in [1.29, 1.82) is 0 Å². The van der Waals surface area contributed by atoms with E-state index in [1.165, 1.54) is 6.07 Å². The summed E-state index contributed by atoms with van der Waals surface area (Å²) >= 11 is 1.12. The summed E-state index contributed by atoms with van der Waals surface area (Å²) in [6, 6.07) is 10.2. The number of hydrogen-bond acceptors (Lipinski definition) is 7. The monoisotopic (exact) mass is 415 g/mol. The Bertz CT molecular complexity index is 952. The van der Waals surface area contributed by atoms with Gasteiger partial charge in [-0.2, -0.15) is 0 Å². The number of benzene rings is 1. The van der Waals surface area contributed by atoms with Crippen LogP contribution in [0.15, 0.2) is 46.0 Å². The molecule has 1 aromatic heterocycles. The molecule has 0 aliphatic carbocycles. The summed E-state index contributed by atoms with van der Waals surface area (Å²) in [5, 5.41) is 3.87. The molecule has 1 N–H and O–H groups in total. The molecule has 2 aromatic rings. The maximum atomic E-state index is 12.8. The van der Waals surface area contributed by atoms with Crippen LogP contribution < -0.4 is 10.1 Å². The van der Waals surface area contributed by atoms with Crippen molar-refractivity contribution in [3.8, 4) is 5.75 Å². The minimum atomic E-state index is -3.67. The van der Waals surface area contributed by atoms with E-state index in [-0.39, 0.29) is 15.7 Å². The van der Waals surface area contributed by atoms with Crippen LogP contribution in [0.2, 0.25) is 0 Å². The van der Waals surface area contributed by atoms with Crippen LogP contribution in [0.5, 0.6) is 5.75 Å². The minimum Gasteiger partial charge on any atom is -0.496 e. The Hall–Kier alpha value is -1.42. The molecule has 0 spiro atoms. The fraction of sp³-hybridized carbons (Fsp3) is 0.412. The predicted octanol–water partition coefficient (Wildman–Crippen LogP) is 1.53. The molecule has 1 aromatic carbocycles. The number of para-hydroxylation sites is 1. The summed E-state index contributed by atoms with van der Waals surface area (Å²) in [6.07, 6.45) is 0.617. The van der Waals surface area contributed by atoms with Crippen molar-refractivity contribution in [3.63, 3.8) is 0 Å². The topological polar surface area (TPSA) is 89.5 Å². The van der Waals surface area contributed by atoms with Crippen molar-refractivity contribution in [2.45, 2.75) is 21.9 Å². The van der Waals surface area contributed by atoms with Crippen molar-refractivity contribution in [3.05, 3.63) is 47.3 Å². The first-order valence-electron chi connectivity index (χ1n) is 8.16. The lowest BCUT2D eigenvalue weighted by Gasteiger charge is -2.19. The van der Waals surface area contributed by atoms with Gasteiger partial charge in [0.05, 0.1) is 23.9 Å². The number of hydrogen-bond donors (Lipinski definition) is 1. The van der Waals surface area contributed by atoms with Gasteiger partial charge in [-0.05, 0) is 36.0 Å². The van der Waals surface area contributed by atoms with Gasteiger partial charge in [-0.1, -0.05) is 24.3 Å². The zero-order chi connectivity index (χ0) is 18.8. The van der Waals surface area contributed by atoms with Gasteiger partial charge in [-0.3, -0.25) is 0 Å². The maximum absolute atomic E-state index is 12.8. The molecule has 1 saturated heterocycles. The summed E-state index contributed by atoms with van der Waals surface area (Å²) in [4.78, 5) is 0. The lowest BCUT2D eigenvalue weighted by molar-refractivity contribution is 0.408. The molecule has 0 unspecified atom stereocenters. The smallest absolute Gasteiger partial charge is 0.193 e. The second-order valence-electron chi connectivity index (χ2n) is 6.21. The van der Waals surface area contributed by atoms with E-state index < -0.39 is 31.0 Å². The molecule has 0 amide bonds. The van der Waals surface area contributed by atoms with Crippen LogP contribution in [0.1, 0.15) is 5.56 Å². The minimum absolute atomic E-state index is 0.159. The third-order valence-electron chi connectivity index (χ3n) is 4.47. The molecular weight excluding hydrogens is 394 g/mol. The van der Waals surface area contributed by atoms with Gasteiger partial charge in [-0.15, -0.1) is 11.3 Å². The highest BCUT2D eigenvalue weighted by Gasteiger charge is 2.45. The lowest BCUT2D eigenvalue weighted by Crippen LogP contribution is -2.43. The highest BCUT2D eigenvalue weighted by molar-refractivity contribution is 7.97. The largest absolute Gasteiger partial charge is 0.496 e. The molecular formula is C17H21NO5S3. The molecule has 3 rings (SSSR count). The average Bonchev–Trinajstić information content (AvgIpc) is 3.24. The van der Waals surface area contributed by atoms with Gasteiger partial charge in [0.15, 0.2) is 19.7 Å². The molecule has 26 heavy (non-hydrogen) atoms. The Morgan fingerprint density at radius 2 is 1.96 bits per heavy atom. The number of rotatable bonds is 7. The van der Waals surface area contributed by atoms with Crippen LogP contribution in [0.25, 0.3) is 0 Å². The molecule has 6 nitrogen and oxygen atoms in total. The average molecular weight is 416 g/mol. The van der Waals surface area contributed by atoms with Gasteiger partial charge in [0.1, 0.15) is 9.96 Å². The van der Waals surface area contributed by atoms with Crippen molar-refractivity contribution in [1.82, 2.24) is 5.32 Å². The summed E-state index contributed by atoms with van der Waals surface area (Å²) in [7, 11) is -5.46. The maximum Gasteiger partial charge on any atom is 0.193 e. The Kier molecular flexibility index (Phi) is 5.71. The van der Waals surface area contributed by atoms with Gasteiger partial charge in [-0.25, -0.2) is 16.8 Å². The van der Waals surface area contributed by atoms with E-state index in [0.29, 0.717) is 13.0 Å². The van der Waals surface area contributed by atoms with Gasteiger partial charge >= 0.3 is 0 Å². The van der Waals surface area contributed by atoms with Crippen LogP contribution in [-0.4, -0.2) is 53.3 Å². The fourth-order valence-corrected chi connectivity index (χ4v) is 9.13. The van der Waals surface area contributed by atoms with E-state index in [1.54, 1.807) is 18.6 Å². The molecule has 0 bridgehead atoms. The standard InChI is InChI=1S/C17H21NO5S3/c1-23-15-6-3-2-5-13(15)8-9-18-14-11-25(19,20)12-16(14)26(21,22)17-7-4-10-24-17/h2-7,10,14,16,18H,8-9,11-12H2,1H3/t14-,16-/m1/s1. The molecule has 142 valence electrons. The summed E-state index contributed by atoms with van der Waals surface area (Å²) in [6.45, 7) is 0.469. The van der Waals surface area contributed by atoms with Crippen LogP contribution in [0.3, 0.4) is 0 Å². The molecule has 9 heteroatoms. The highest BCUT2D eigenvalue weighted by atomic mass is 32.2. The normalized spacial score (nSPS) is 22.3. The second kappa shape index (κ2) is 7.67. The molecule has 2 heterocycles. The lowest BCUT2D eigenvalue weighted by atomic mass is 10.1. The van der Waals surface area contributed by atoms with E-state index in [1.807, 2.05) is 24.3 Å². The van der Waals surface area contributed by atoms with Crippen molar-refractivity contribution < 1.29 is 21.6 Å². The third-order valence-corrected chi connectivity index (χ3v) is 10.0. The molecule has 1 aliphatic rings. The predicted molar refractivity (Wildman–Crippen MR) is 102 cm³/mol. The van der Waals surface area contributed by atoms with Crippen molar-refractivity contribution in [2.24, 2.45) is 0 Å². The van der Waals surface area contributed by atoms with Crippen LogP contribution in [0.4, 0.5) is 0 Å². The zero-order valence-corrected chi connectivity index (χ0v) is 16.7. The van der Waals surface area contributed by atoms with Gasteiger partial charge in [0.25, 0.3) is 0 Å². The number of nitrogens with one attached hydrogen (secondary N) is 1. The third kappa shape index (κ3) is 4.11. The summed E-state index contributed by atoms with van der Waals surface area (Å²) in [5.74, 6) is 0.268. The first-order valence-corrected chi connectivity index (χ1v) is 12.4. The Labute approximate surface area is 158 Å². The summed E-state index contributed by atoms with van der Waals surface area (Å²) in [5.41, 5.74) is 0.987. The molecule has 1 fully saturated rings. The first kappa shape index (κ1) is 19.3. The molecule has 0 radical (unpaired) electrons. The van der Waals surface area contributed by atoms with E-state index in [2.05, 4.69) is 5.32 Å². The second-order valence-corrected chi connectivity index (χ2v) is 11.7. The highest BCUT2D eigenvalue weighted by Crippen LogP contribution is 2.28. The SMILES string of the molecule is COc1ccccc1CCN[C@@H]1CS(=O)(=O)C[C@H]1S(=O)(=O)c1cccs1. The van der Waals surface area contributed by atoms with E-state index in [4.69, 9.17) is 4.74 Å². The Balaban J connectivity index is 1.73. The number of sulfone groups is 2. The van der Waals surface area contributed by atoms with E-state index in [0.717, 1.165) is 22.6 Å². The first-order chi connectivity index (χ1) is 12.3. The Morgan fingerprint density at radius 1 is 1.19 bits per heavy atom. The quantitative estimate of drug-likeness (QED) is 0.738. The number of ether oxygens (including phenoxy) is 1. The van der Waals surface area contributed by atoms with Crippen LogP contribution >= 0.6 is 11.3 Å². The van der Waals surface area contributed by atoms with E-state index >= 15 is 0 Å². The molecule has 2 atom stereocenters. The van der Waals surface area contributed by atoms with Gasteiger partial charge in [0, 0.05) is 6.04 Å². The number of thiophene rings is 1. The Morgan fingerprint density at radius 3 is 2.65 bits per heavy atom. The van der Waals surface area contributed by atoms with Crippen LogP contribution in [-0.2, 0) is 26.1 Å². The van der Waals surface area contributed by atoms with Gasteiger partial charge in [0.2, 0.25) is 0 Å². The molecule has 1 aliphatic heterocycles. The van der Waals surface area contributed by atoms with Crippen LogP contribution in [0, 0.1) is 0 Å². The van der Waals surface area contributed by atoms with E-state index in [9.17, 15) is 16.8 Å². The van der Waals surface area contributed by atoms with Crippen molar-refractivity contribution in [2.75, 3.05) is 25.2 Å². The number of methoxy groups -OCH3 is 1. The fourth-order valence-electron chi connectivity index (χ4n) is 3.19. The summed E-state index contributed by atoms with van der Waals surface area (Å²) < 4.78 is 55.3.